The van der Waals surface area contributed by atoms with Gasteiger partial charge in [-0.15, -0.1) is 5.10 Å². The summed E-state index contributed by atoms with van der Waals surface area (Å²) in [6.07, 6.45) is 3.45. The van der Waals surface area contributed by atoms with Crippen LogP contribution in [0.1, 0.15) is 18.4 Å². The summed E-state index contributed by atoms with van der Waals surface area (Å²) in [6.45, 7) is 3.36. The van der Waals surface area contributed by atoms with Crippen molar-refractivity contribution in [3.8, 4) is 11.4 Å². The lowest BCUT2D eigenvalue weighted by molar-refractivity contribution is -0.116. The first-order chi connectivity index (χ1) is 9.13. The average Bonchev–Trinajstić information content (AvgIpc) is 2.94. The minimum absolute atomic E-state index is 0.0613. The van der Waals surface area contributed by atoms with E-state index < -0.39 is 0 Å². The van der Waals surface area contributed by atoms with Gasteiger partial charge in [-0.2, -0.15) is 4.52 Å². The molecule has 6 nitrogen and oxygen atoms in total. The van der Waals surface area contributed by atoms with Gasteiger partial charge >= 0.3 is 0 Å². The molecule has 0 unspecified atom stereocenters. The Balaban J connectivity index is 2.24. The molecule has 6 heteroatoms. The molecule has 0 radical (unpaired) electrons. The lowest BCUT2D eigenvalue weighted by atomic mass is 10.2. The first kappa shape index (κ1) is 11.6. The van der Waals surface area contributed by atoms with E-state index in [0.717, 1.165) is 5.56 Å². The van der Waals surface area contributed by atoms with Crippen molar-refractivity contribution in [1.82, 2.24) is 19.6 Å². The van der Waals surface area contributed by atoms with E-state index in [-0.39, 0.29) is 12.2 Å². The Kier molecular flexibility index (Phi) is 2.63. The molecule has 3 heterocycles. The van der Waals surface area contributed by atoms with Crippen molar-refractivity contribution in [1.29, 1.82) is 0 Å². The fourth-order valence-electron chi connectivity index (χ4n) is 1.97. The van der Waals surface area contributed by atoms with Gasteiger partial charge in [0.15, 0.2) is 11.5 Å². The van der Waals surface area contributed by atoms with Gasteiger partial charge in [0.05, 0.1) is 17.5 Å². The number of rotatable bonds is 3. The number of aromatic nitrogens is 4. The summed E-state index contributed by atoms with van der Waals surface area (Å²) in [6, 6.07) is 3.58. The molecular formula is C13H12N4O2. The van der Waals surface area contributed by atoms with Gasteiger partial charge < -0.3 is 4.42 Å². The first-order valence-corrected chi connectivity index (χ1v) is 5.89. The fraction of sp³-hybridized carbons (Fsp3) is 0.231. The van der Waals surface area contributed by atoms with Gasteiger partial charge in [0.2, 0.25) is 0 Å². The first-order valence-electron chi connectivity index (χ1n) is 5.89. The summed E-state index contributed by atoms with van der Waals surface area (Å²) in [7, 11) is 0. The Hall–Kier alpha value is -2.50. The number of Topliss-reactive ketones (excluding diaryl/α,β-unsaturated/α-hetero) is 1. The van der Waals surface area contributed by atoms with Crippen LogP contribution in [0.2, 0.25) is 0 Å². The average molecular weight is 256 g/mol. The maximum absolute atomic E-state index is 11.3. The molecule has 0 spiro atoms. The molecule has 0 amide bonds. The van der Waals surface area contributed by atoms with Gasteiger partial charge in [-0.05, 0) is 19.9 Å². The molecule has 0 atom stereocenters. The maximum Gasteiger partial charge on any atom is 0.166 e. The standard InChI is InChI=1S/C13H12N4O2/c1-8(18)5-11-6-12-14-9(2)16-17(12)13(15-11)10-3-4-19-7-10/h3-4,6-7H,5H2,1-2H3. The van der Waals surface area contributed by atoms with E-state index in [9.17, 15) is 4.79 Å². The van der Waals surface area contributed by atoms with Gasteiger partial charge in [0, 0.05) is 12.5 Å². The second kappa shape index (κ2) is 4.31. The number of hydrogen-bond acceptors (Lipinski definition) is 5. The number of carbonyl (C=O) groups is 1. The summed E-state index contributed by atoms with van der Waals surface area (Å²) in [5.41, 5.74) is 2.17. The number of ketones is 1. The molecule has 0 aliphatic rings. The molecule has 0 saturated carbocycles. The summed E-state index contributed by atoms with van der Waals surface area (Å²) in [5.74, 6) is 1.35. The quantitative estimate of drug-likeness (QED) is 0.714. The van der Waals surface area contributed by atoms with E-state index >= 15 is 0 Å². The Bertz CT molecular complexity index is 743. The molecule has 3 rings (SSSR count). The molecule has 0 aromatic carbocycles. The zero-order chi connectivity index (χ0) is 13.4. The lowest BCUT2D eigenvalue weighted by Crippen LogP contribution is -2.05. The summed E-state index contributed by atoms with van der Waals surface area (Å²) < 4.78 is 6.73. The van der Waals surface area contributed by atoms with Crippen molar-refractivity contribution in [2.24, 2.45) is 0 Å². The minimum atomic E-state index is 0.0613. The van der Waals surface area contributed by atoms with Crippen LogP contribution >= 0.6 is 0 Å². The number of carbonyl (C=O) groups excluding carboxylic acids is 1. The molecule has 0 aliphatic heterocycles. The second-order valence-corrected chi connectivity index (χ2v) is 4.39. The third-order valence-electron chi connectivity index (χ3n) is 2.69. The highest BCUT2D eigenvalue weighted by molar-refractivity contribution is 5.78. The smallest absolute Gasteiger partial charge is 0.166 e. The largest absolute Gasteiger partial charge is 0.472 e. The van der Waals surface area contributed by atoms with Crippen LogP contribution in [0.5, 0.6) is 0 Å². The third-order valence-corrected chi connectivity index (χ3v) is 2.69. The normalized spacial score (nSPS) is 11.1. The van der Waals surface area contributed by atoms with Crippen molar-refractivity contribution in [3.63, 3.8) is 0 Å². The number of fused-ring (bicyclic) bond motifs is 1. The topological polar surface area (TPSA) is 73.3 Å². The van der Waals surface area contributed by atoms with Crippen LogP contribution in [0.3, 0.4) is 0 Å². The third kappa shape index (κ3) is 2.12. The highest BCUT2D eigenvalue weighted by Crippen LogP contribution is 2.19. The number of hydrogen-bond donors (Lipinski definition) is 0. The van der Waals surface area contributed by atoms with Crippen molar-refractivity contribution in [2.75, 3.05) is 0 Å². The summed E-state index contributed by atoms with van der Waals surface area (Å²) >= 11 is 0. The fourth-order valence-corrected chi connectivity index (χ4v) is 1.97. The van der Waals surface area contributed by atoms with Crippen molar-refractivity contribution < 1.29 is 9.21 Å². The van der Waals surface area contributed by atoms with E-state index in [1.165, 1.54) is 0 Å². The Morgan fingerprint density at radius 3 is 2.95 bits per heavy atom. The zero-order valence-electron chi connectivity index (χ0n) is 10.6. The molecule has 3 aromatic heterocycles. The van der Waals surface area contributed by atoms with E-state index in [4.69, 9.17) is 4.42 Å². The molecule has 96 valence electrons. The van der Waals surface area contributed by atoms with Crippen molar-refractivity contribution in [3.05, 3.63) is 36.2 Å². The van der Waals surface area contributed by atoms with E-state index in [1.807, 2.05) is 6.92 Å². The molecule has 0 N–H and O–H groups in total. The van der Waals surface area contributed by atoms with Crippen LogP contribution in [0.25, 0.3) is 17.0 Å². The van der Waals surface area contributed by atoms with Crippen LogP contribution < -0.4 is 0 Å². The van der Waals surface area contributed by atoms with Gasteiger partial charge in [-0.25, -0.2) is 9.97 Å². The van der Waals surface area contributed by atoms with Crippen LogP contribution in [-0.2, 0) is 11.2 Å². The Morgan fingerprint density at radius 1 is 1.42 bits per heavy atom. The van der Waals surface area contributed by atoms with E-state index in [1.54, 1.807) is 36.1 Å². The lowest BCUT2D eigenvalue weighted by Gasteiger charge is -2.04. The predicted molar refractivity (Wildman–Crippen MR) is 67.6 cm³/mol. The molecular weight excluding hydrogens is 244 g/mol. The van der Waals surface area contributed by atoms with E-state index in [2.05, 4.69) is 15.1 Å². The van der Waals surface area contributed by atoms with E-state index in [0.29, 0.717) is 23.0 Å². The van der Waals surface area contributed by atoms with Crippen molar-refractivity contribution in [2.45, 2.75) is 20.3 Å². The Labute approximate surface area is 109 Å². The van der Waals surface area contributed by atoms with Crippen LogP contribution in [0.15, 0.2) is 29.1 Å². The van der Waals surface area contributed by atoms with Gasteiger partial charge in [0.25, 0.3) is 0 Å². The highest BCUT2D eigenvalue weighted by atomic mass is 16.3. The number of aryl methyl sites for hydroxylation is 1. The monoisotopic (exact) mass is 256 g/mol. The minimum Gasteiger partial charge on any atom is -0.472 e. The number of furan rings is 1. The molecule has 0 fully saturated rings. The number of nitrogens with zero attached hydrogens (tertiary/aromatic N) is 4. The summed E-state index contributed by atoms with van der Waals surface area (Å²) in [4.78, 5) is 20.0. The van der Waals surface area contributed by atoms with Crippen molar-refractivity contribution >= 4 is 11.4 Å². The highest BCUT2D eigenvalue weighted by Gasteiger charge is 2.13. The molecule has 0 bridgehead atoms. The molecule has 0 saturated heterocycles. The SMILES string of the molecule is CC(=O)Cc1cc2nc(C)nn2c(-c2ccoc2)n1. The van der Waals surface area contributed by atoms with Crippen LogP contribution in [0.4, 0.5) is 0 Å². The van der Waals surface area contributed by atoms with Crippen LogP contribution in [-0.4, -0.2) is 25.4 Å². The van der Waals surface area contributed by atoms with Crippen LogP contribution in [0, 0.1) is 6.92 Å². The summed E-state index contributed by atoms with van der Waals surface area (Å²) in [5, 5.41) is 4.31. The maximum atomic E-state index is 11.3. The van der Waals surface area contributed by atoms with Gasteiger partial charge in [-0.1, -0.05) is 0 Å². The Morgan fingerprint density at radius 2 is 2.26 bits per heavy atom. The van der Waals surface area contributed by atoms with Gasteiger partial charge in [-0.3, -0.25) is 4.79 Å². The molecule has 3 aromatic rings. The molecule has 0 aliphatic carbocycles. The second-order valence-electron chi connectivity index (χ2n) is 4.39. The predicted octanol–water partition coefficient (Wildman–Crippen LogP) is 1.82. The zero-order valence-corrected chi connectivity index (χ0v) is 10.6. The molecule has 19 heavy (non-hydrogen) atoms. The van der Waals surface area contributed by atoms with Gasteiger partial charge in [0.1, 0.15) is 17.9 Å².